The van der Waals surface area contributed by atoms with Gasteiger partial charge in [-0.2, -0.15) is 0 Å². The molecule has 6 nitrogen and oxygen atoms in total. The molecule has 0 unspecified atom stereocenters. The van der Waals surface area contributed by atoms with E-state index in [0.29, 0.717) is 22.6 Å². The van der Waals surface area contributed by atoms with E-state index in [0.717, 1.165) is 5.39 Å². The second kappa shape index (κ2) is 6.37. The van der Waals surface area contributed by atoms with E-state index in [4.69, 9.17) is 9.47 Å². The summed E-state index contributed by atoms with van der Waals surface area (Å²) in [4.78, 5) is 4.20. The fraction of sp³-hybridized carbons (Fsp3) is 0.118. The first-order valence-electron chi connectivity index (χ1n) is 7.13. The first kappa shape index (κ1) is 16.1. The highest BCUT2D eigenvalue weighted by molar-refractivity contribution is 7.93. The Balaban J connectivity index is 2.06. The fourth-order valence-electron chi connectivity index (χ4n) is 2.41. The Bertz CT molecular complexity index is 982. The number of methoxy groups -OCH3 is 2. The number of sulfonamides is 1. The van der Waals surface area contributed by atoms with E-state index in [2.05, 4.69) is 9.71 Å². The number of anilines is 1. The second-order valence-electron chi connectivity index (χ2n) is 5.02. The molecule has 124 valence electrons. The summed E-state index contributed by atoms with van der Waals surface area (Å²) in [5, 5.41) is 1.36. The van der Waals surface area contributed by atoms with Crippen LogP contribution in [0.4, 0.5) is 5.69 Å². The highest BCUT2D eigenvalue weighted by Crippen LogP contribution is 2.32. The number of pyridine rings is 1. The average Bonchev–Trinajstić information content (AvgIpc) is 2.61. The number of rotatable bonds is 5. The predicted octanol–water partition coefficient (Wildman–Crippen LogP) is 3.05. The molecule has 1 aromatic heterocycles. The molecular weight excluding hydrogens is 328 g/mol. The largest absolute Gasteiger partial charge is 0.497 e. The van der Waals surface area contributed by atoms with Crippen molar-refractivity contribution in [1.29, 1.82) is 0 Å². The summed E-state index contributed by atoms with van der Waals surface area (Å²) in [5.74, 6) is 0.950. The maximum atomic E-state index is 12.8. The molecule has 3 aromatic rings. The monoisotopic (exact) mass is 344 g/mol. The van der Waals surface area contributed by atoms with E-state index in [-0.39, 0.29) is 4.90 Å². The van der Waals surface area contributed by atoms with Gasteiger partial charge in [0.1, 0.15) is 11.5 Å². The first-order valence-corrected chi connectivity index (χ1v) is 8.61. The fourth-order valence-corrected chi connectivity index (χ4v) is 3.71. The van der Waals surface area contributed by atoms with Gasteiger partial charge in [-0.25, -0.2) is 8.42 Å². The van der Waals surface area contributed by atoms with Crippen molar-refractivity contribution in [2.75, 3.05) is 18.9 Å². The molecule has 0 amide bonds. The van der Waals surface area contributed by atoms with Gasteiger partial charge in [0.25, 0.3) is 10.0 Å². The third-order valence-corrected chi connectivity index (χ3v) is 5.01. The van der Waals surface area contributed by atoms with Gasteiger partial charge in [-0.3, -0.25) is 9.71 Å². The molecule has 0 saturated carbocycles. The minimum Gasteiger partial charge on any atom is -0.497 e. The van der Waals surface area contributed by atoms with Crippen LogP contribution in [0.2, 0.25) is 0 Å². The van der Waals surface area contributed by atoms with Crippen LogP contribution in [0, 0.1) is 0 Å². The molecule has 0 fully saturated rings. The second-order valence-corrected chi connectivity index (χ2v) is 6.68. The third kappa shape index (κ3) is 2.98. The Hall–Kier alpha value is -2.80. The molecule has 24 heavy (non-hydrogen) atoms. The molecule has 0 saturated heterocycles. The first-order chi connectivity index (χ1) is 11.5. The standard InChI is InChI=1S/C17H16N2O4S/c1-22-13-6-7-15(16(10-13)23-2)19-24(20,21)17-5-3-4-12-11-18-9-8-14(12)17/h3-11,19H,1-2H3. The van der Waals surface area contributed by atoms with Gasteiger partial charge in [0.05, 0.1) is 24.8 Å². The summed E-state index contributed by atoms with van der Waals surface area (Å²) in [5.41, 5.74) is 0.337. The van der Waals surface area contributed by atoms with Crippen molar-refractivity contribution < 1.29 is 17.9 Å². The summed E-state index contributed by atoms with van der Waals surface area (Å²) >= 11 is 0. The Morgan fingerprint density at radius 1 is 1.04 bits per heavy atom. The molecule has 1 heterocycles. The number of nitrogens with zero attached hydrogens (tertiary/aromatic N) is 1. The number of fused-ring (bicyclic) bond motifs is 1. The van der Waals surface area contributed by atoms with Crippen LogP contribution in [0.3, 0.4) is 0 Å². The van der Waals surface area contributed by atoms with Crippen molar-refractivity contribution in [3.8, 4) is 11.5 Å². The minimum absolute atomic E-state index is 0.181. The molecule has 0 atom stereocenters. The number of benzene rings is 2. The zero-order valence-corrected chi connectivity index (χ0v) is 14.0. The van der Waals surface area contributed by atoms with Crippen LogP contribution >= 0.6 is 0 Å². The van der Waals surface area contributed by atoms with Crippen molar-refractivity contribution in [3.63, 3.8) is 0 Å². The van der Waals surface area contributed by atoms with Gasteiger partial charge in [-0.15, -0.1) is 0 Å². The maximum absolute atomic E-state index is 12.8. The molecule has 0 radical (unpaired) electrons. The van der Waals surface area contributed by atoms with Crippen molar-refractivity contribution in [2.45, 2.75) is 4.90 Å². The van der Waals surface area contributed by atoms with Crippen molar-refractivity contribution in [2.24, 2.45) is 0 Å². The lowest BCUT2D eigenvalue weighted by molar-refractivity contribution is 0.395. The number of hydrogen-bond acceptors (Lipinski definition) is 5. The van der Waals surface area contributed by atoms with Gasteiger partial charge in [0.2, 0.25) is 0 Å². The summed E-state index contributed by atoms with van der Waals surface area (Å²) in [6.45, 7) is 0. The van der Waals surface area contributed by atoms with Crippen LogP contribution in [0.1, 0.15) is 0 Å². The molecule has 7 heteroatoms. The Kier molecular flexibility index (Phi) is 4.26. The normalized spacial score (nSPS) is 11.2. The van der Waals surface area contributed by atoms with Crippen LogP contribution in [0.5, 0.6) is 11.5 Å². The Morgan fingerprint density at radius 3 is 2.62 bits per heavy atom. The number of aromatic nitrogens is 1. The van der Waals surface area contributed by atoms with E-state index < -0.39 is 10.0 Å². The van der Waals surface area contributed by atoms with Crippen LogP contribution in [-0.4, -0.2) is 27.6 Å². The van der Waals surface area contributed by atoms with E-state index in [9.17, 15) is 8.42 Å². The van der Waals surface area contributed by atoms with E-state index >= 15 is 0 Å². The lowest BCUT2D eigenvalue weighted by atomic mass is 10.2. The van der Waals surface area contributed by atoms with Crippen LogP contribution in [-0.2, 0) is 10.0 Å². The van der Waals surface area contributed by atoms with Crippen molar-refractivity contribution in [1.82, 2.24) is 4.98 Å². The summed E-state index contributed by atoms with van der Waals surface area (Å²) in [7, 11) is -0.792. The number of nitrogens with one attached hydrogen (secondary N) is 1. The molecular formula is C17H16N2O4S. The Labute approximate surface area is 140 Å². The topological polar surface area (TPSA) is 77.5 Å². The molecule has 0 aliphatic heterocycles. The predicted molar refractivity (Wildman–Crippen MR) is 92.1 cm³/mol. The molecule has 3 rings (SSSR count). The van der Waals surface area contributed by atoms with Crippen molar-refractivity contribution >= 4 is 26.5 Å². The zero-order chi connectivity index (χ0) is 17.2. The van der Waals surface area contributed by atoms with E-state index in [1.165, 1.54) is 14.2 Å². The summed E-state index contributed by atoms with van der Waals surface area (Å²) in [6.07, 6.45) is 3.19. The quantitative estimate of drug-likeness (QED) is 0.770. The summed E-state index contributed by atoms with van der Waals surface area (Å²) in [6, 6.07) is 11.6. The number of ether oxygens (including phenoxy) is 2. The van der Waals surface area contributed by atoms with Crippen LogP contribution in [0.25, 0.3) is 10.8 Å². The van der Waals surface area contributed by atoms with E-state index in [1.807, 2.05) is 6.07 Å². The molecule has 2 aromatic carbocycles. The SMILES string of the molecule is COc1ccc(NS(=O)(=O)c2cccc3cnccc23)c(OC)c1. The van der Waals surface area contributed by atoms with Gasteiger partial charge in [-0.05, 0) is 24.3 Å². The van der Waals surface area contributed by atoms with Gasteiger partial charge in [0, 0.05) is 29.2 Å². The molecule has 0 aliphatic carbocycles. The van der Waals surface area contributed by atoms with Crippen LogP contribution in [0.15, 0.2) is 59.8 Å². The highest BCUT2D eigenvalue weighted by Gasteiger charge is 2.19. The van der Waals surface area contributed by atoms with Gasteiger partial charge < -0.3 is 9.47 Å². The van der Waals surface area contributed by atoms with Gasteiger partial charge in [-0.1, -0.05) is 12.1 Å². The van der Waals surface area contributed by atoms with Crippen molar-refractivity contribution in [3.05, 3.63) is 54.9 Å². The summed E-state index contributed by atoms with van der Waals surface area (Å²) < 4.78 is 38.6. The molecule has 0 bridgehead atoms. The van der Waals surface area contributed by atoms with Gasteiger partial charge >= 0.3 is 0 Å². The number of hydrogen-bond donors (Lipinski definition) is 1. The smallest absolute Gasteiger partial charge is 0.262 e. The van der Waals surface area contributed by atoms with Crippen LogP contribution < -0.4 is 14.2 Å². The lowest BCUT2D eigenvalue weighted by Gasteiger charge is -2.14. The van der Waals surface area contributed by atoms with Gasteiger partial charge in [0.15, 0.2) is 0 Å². The average molecular weight is 344 g/mol. The lowest BCUT2D eigenvalue weighted by Crippen LogP contribution is -2.14. The molecule has 0 aliphatic rings. The maximum Gasteiger partial charge on any atom is 0.262 e. The highest BCUT2D eigenvalue weighted by atomic mass is 32.2. The Morgan fingerprint density at radius 2 is 1.88 bits per heavy atom. The van der Waals surface area contributed by atoms with E-state index in [1.54, 1.807) is 48.8 Å². The zero-order valence-electron chi connectivity index (χ0n) is 13.2. The third-order valence-electron chi connectivity index (χ3n) is 3.58. The minimum atomic E-state index is -3.79. The molecule has 1 N–H and O–H groups in total. The molecule has 0 spiro atoms.